The number of rotatable bonds is 11. The fourth-order valence-electron chi connectivity index (χ4n) is 4.46. The van der Waals surface area contributed by atoms with Crippen LogP contribution in [0.4, 0.5) is 0 Å². The number of aliphatic imine (C=N–C) groups is 2. The van der Waals surface area contributed by atoms with Gasteiger partial charge in [-0.25, -0.2) is 0 Å². The van der Waals surface area contributed by atoms with Gasteiger partial charge < -0.3 is 27.8 Å². The predicted molar refractivity (Wildman–Crippen MR) is 177 cm³/mol. The second-order valence-corrected chi connectivity index (χ2v) is 10.1. The molecule has 7 heteroatoms. The SMILES string of the molecule is CCCc1cc(C#Cc2ccc(C#Cc3cc(CCN=C(N)N)cc(CCNC)c3)cc2)cc(CCNC(N)=NC)c1. The molecule has 8 N–H and O–H groups in total. The van der Waals surface area contributed by atoms with Crippen LogP contribution in [-0.4, -0.2) is 45.6 Å². The molecule has 7 nitrogen and oxygen atoms in total. The maximum atomic E-state index is 5.76. The zero-order chi connectivity index (χ0) is 30.2. The van der Waals surface area contributed by atoms with Crippen LogP contribution in [0.2, 0.25) is 0 Å². The molecule has 0 bridgehead atoms. The van der Waals surface area contributed by atoms with Gasteiger partial charge >= 0.3 is 0 Å². The summed E-state index contributed by atoms with van der Waals surface area (Å²) in [5.74, 6) is 13.9. The van der Waals surface area contributed by atoms with E-state index >= 15 is 0 Å². The van der Waals surface area contributed by atoms with E-state index < -0.39 is 0 Å². The Morgan fingerprint density at radius 1 is 0.667 bits per heavy atom. The number of guanidine groups is 2. The highest BCUT2D eigenvalue weighted by Gasteiger charge is 2.03. The van der Waals surface area contributed by atoms with Gasteiger partial charge in [0.15, 0.2) is 11.9 Å². The van der Waals surface area contributed by atoms with Crippen LogP contribution in [0.5, 0.6) is 0 Å². The van der Waals surface area contributed by atoms with E-state index in [0.717, 1.165) is 67.4 Å². The number of nitrogens with zero attached hydrogens (tertiary/aromatic N) is 2. The standard InChI is InChI=1S/C35H43N7/c1-4-5-28-20-29(23-33(21-28)16-19-42-35(38)40-3)12-10-26-6-8-27(9-7-26)11-13-30-22-31(14-17-39-2)25-32(24-30)15-18-41-34(36)37/h6-9,20-25,39H,4-5,14-19H2,1-3H3,(H4,36,37,41)(H3,38,40,42). The van der Waals surface area contributed by atoms with Gasteiger partial charge in [-0.1, -0.05) is 49.2 Å². The molecule has 3 aromatic rings. The predicted octanol–water partition coefficient (Wildman–Crippen LogP) is 3.09. The molecule has 0 saturated heterocycles. The Morgan fingerprint density at radius 2 is 1.14 bits per heavy atom. The van der Waals surface area contributed by atoms with Crippen molar-refractivity contribution in [2.45, 2.75) is 39.0 Å². The molecule has 0 heterocycles. The van der Waals surface area contributed by atoms with Gasteiger partial charge in [-0.2, -0.15) is 0 Å². The van der Waals surface area contributed by atoms with E-state index in [1.165, 1.54) is 22.3 Å². The lowest BCUT2D eigenvalue weighted by atomic mass is 10.0. The molecule has 0 atom stereocenters. The molecule has 0 fully saturated rings. The summed E-state index contributed by atoms with van der Waals surface area (Å²) in [6.45, 7) is 4.38. The van der Waals surface area contributed by atoms with Crippen molar-refractivity contribution in [2.75, 3.05) is 33.7 Å². The first kappa shape index (κ1) is 31.8. The summed E-state index contributed by atoms with van der Waals surface area (Å²) in [5.41, 5.74) is 25.6. The molecule has 0 spiro atoms. The monoisotopic (exact) mass is 561 g/mol. The number of likely N-dealkylation sites (N-methyl/N-ethyl adjacent to an activating group) is 1. The minimum atomic E-state index is 0.112. The number of nitrogens with one attached hydrogen (secondary N) is 2. The Morgan fingerprint density at radius 3 is 1.62 bits per heavy atom. The molecule has 0 radical (unpaired) electrons. The van der Waals surface area contributed by atoms with Crippen molar-refractivity contribution in [3.8, 4) is 23.7 Å². The second kappa shape index (κ2) is 17.2. The first-order valence-electron chi connectivity index (χ1n) is 14.4. The Bertz CT molecular complexity index is 1490. The molecule has 0 aliphatic rings. The maximum absolute atomic E-state index is 5.76. The van der Waals surface area contributed by atoms with Gasteiger partial charge in [0.05, 0.1) is 0 Å². The van der Waals surface area contributed by atoms with E-state index in [4.69, 9.17) is 17.2 Å². The van der Waals surface area contributed by atoms with Crippen molar-refractivity contribution in [1.82, 2.24) is 10.6 Å². The topological polar surface area (TPSA) is 127 Å². The highest BCUT2D eigenvalue weighted by atomic mass is 15.1. The number of benzene rings is 3. The normalized spacial score (nSPS) is 10.7. The fourth-order valence-corrected chi connectivity index (χ4v) is 4.46. The zero-order valence-electron chi connectivity index (χ0n) is 25.1. The average Bonchev–Trinajstić information content (AvgIpc) is 2.98. The molecule has 0 amide bonds. The van der Waals surface area contributed by atoms with Gasteiger partial charge in [-0.05, 0) is 110 Å². The van der Waals surface area contributed by atoms with Crippen LogP contribution in [0.1, 0.15) is 57.9 Å². The molecule has 0 aliphatic heterocycles. The van der Waals surface area contributed by atoms with Gasteiger partial charge in [0, 0.05) is 42.4 Å². The molecule has 42 heavy (non-hydrogen) atoms. The first-order valence-corrected chi connectivity index (χ1v) is 14.4. The molecule has 0 unspecified atom stereocenters. The summed E-state index contributed by atoms with van der Waals surface area (Å²) in [6.07, 6.45) is 4.65. The summed E-state index contributed by atoms with van der Waals surface area (Å²) in [4.78, 5) is 8.07. The van der Waals surface area contributed by atoms with E-state index in [1.807, 2.05) is 31.3 Å². The molecule has 3 aromatic carbocycles. The van der Waals surface area contributed by atoms with Crippen molar-refractivity contribution < 1.29 is 0 Å². The van der Waals surface area contributed by atoms with E-state index in [0.29, 0.717) is 12.5 Å². The van der Waals surface area contributed by atoms with Crippen LogP contribution in [0.25, 0.3) is 0 Å². The van der Waals surface area contributed by atoms with Crippen molar-refractivity contribution in [3.63, 3.8) is 0 Å². The summed E-state index contributed by atoms with van der Waals surface area (Å²) < 4.78 is 0. The largest absolute Gasteiger partial charge is 0.370 e. The number of aryl methyl sites for hydroxylation is 1. The van der Waals surface area contributed by atoms with Crippen molar-refractivity contribution in [2.24, 2.45) is 27.2 Å². The highest BCUT2D eigenvalue weighted by Crippen LogP contribution is 2.14. The minimum Gasteiger partial charge on any atom is -0.370 e. The first-order chi connectivity index (χ1) is 20.4. The molecule has 3 rings (SSSR count). The van der Waals surface area contributed by atoms with Crippen LogP contribution in [0, 0.1) is 23.7 Å². The summed E-state index contributed by atoms with van der Waals surface area (Å²) in [6, 6.07) is 21.1. The van der Waals surface area contributed by atoms with E-state index in [2.05, 4.69) is 87.6 Å². The van der Waals surface area contributed by atoms with Crippen LogP contribution >= 0.6 is 0 Å². The molecule has 0 aliphatic carbocycles. The Labute approximate surface area is 251 Å². The van der Waals surface area contributed by atoms with E-state index in [9.17, 15) is 0 Å². The van der Waals surface area contributed by atoms with Crippen LogP contribution in [-0.2, 0) is 25.7 Å². The molecule has 0 aromatic heterocycles. The Kier molecular flexibility index (Phi) is 13.0. The lowest BCUT2D eigenvalue weighted by molar-refractivity contribution is 0.790. The quantitative estimate of drug-likeness (QED) is 0.140. The molecule has 0 saturated carbocycles. The number of hydrogen-bond acceptors (Lipinski definition) is 3. The highest BCUT2D eigenvalue weighted by molar-refractivity contribution is 5.77. The number of nitrogens with two attached hydrogens (primary N) is 3. The zero-order valence-corrected chi connectivity index (χ0v) is 25.1. The van der Waals surface area contributed by atoms with Gasteiger partial charge in [0.25, 0.3) is 0 Å². The van der Waals surface area contributed by atoms with Crippen LogP contribution in [0.3, 0.4) is 0 Å². The van der Waals surface area contributed by atoms with Gasteiger partial charge in [0.2, 0.25) is 0 Å². The lowest BCUT2D eigenvalue weighted by Gasteiger charge is -2.08. The maximum Gasteiger partial charge on any atom is 0.188 e. The summed E-state index contributed by atoms with van der Waals surface area (Å²) in [5, 5.41) is 6.33. The van der Waals surface area contributed by atoms with Crippen molar-refractivity contribution >= 4 is 11.9 Å². The Hall–Kier alpha value is -4.72. The average molecular weight is 562 g/mol. The molecule has 218 valence electrons. The third kappa shape index (κ3) is 11.4. The number of hydrogen-bond donors (Lipinski definition) is 5. The molecular weight excluding hydrogens is 518 g/mol. The molecular formula is C35H43N7. The Balaban J connectivity index is 1.74. The van der Waals surface area contributed by atoms with Gasteiger partial charge in [-0.3, -0.25) is 9.98 Å². The van der Waals surface area contributed by atoms with Crippen molar-refractivity contribution in [1.29, 1.82) is 0 Å². The van der Waals surface area contributed by atoms with Crippen molar-refractivity contribution in [3.05, 3.63) is 105 Å². The smallest absolute Gasteiger partial charge is 0.188 e. The summed E-state index contributed by atoms with van der Waals surface area (Å²) >= 11 is 0. The third-order valence-corrected chi connectivity index (χ3v) is 6.55. The lowest BCUT2D eigenvalue weighted by Crippen LogP contribution is -2.32. The third-order valence-electron chi connectivity index (χ3n) is 6.55. The van der Waals surface area contributed by atoms with E-state index in [1.54, 1.807) is 7.05 Å². The van der Waals surface area contributed by atoms with Gasteiger partial charge in [-0.15, -0.1) is 0 Å². The van der Waals surface area contributed by atoms with E-state index in [-0.39, 0.29) is 5.96 Å². The van der Waals surface area contributed by atoms with Gasteiger partial charge in [0.1, 0.15) is 0 Å². The minimum absolute atomic E-state index is 0.112. The fraction of sp³-hybridized carbons (Fsp3) is 0.314. The van der Waals surface area contributed by atoms with Crippen LogP contribution in [0.15, 0.2) is 70.6 Å². The summed E-state index contributed by atoms with van der Waals surface area (Å²) in [7, 11) is 3.63. The van der Waals surface area contributed by atoms with Crippen LogP contribution < -0.4 is 27.8 Å². The second-order valence-electron chi connectivity index (χ2n) is 10.1.